The Kier molecular flexibility index (Phi) is 4.57. The molecule has 2 N–H and O–H groups in total. The zero-order valence-electron chi connectivity index (χ0n) is 7.67. The number of nitrogens with zero attached hydrogens (tertiary/aromatic N) is 2. The highest BCUT2D eigenvalue weighted by Crippen LogP contribution is 2.25. The van der Waals surface area contributed by atoms with Crippen LogP contribution in [0.1, 0.15) is 6.92 Å². The van der Waals surface area contributed by atoms with E-state index in [-0.39, 0.29) is 12.5 Å². The molecule has 1 atom stereocenters. The lowest BCUT2D eigenvalue weighted by atomic mass is 10.2. The number of aromatic nitrogens is 2. The highest BCUT2D eigenvalue weighted by molar-refractivity contribution is 9.10. The first-order valence-corrected chi connectivity index (χ1v) is 5.33. The van der Waals surface area contributed by atoms with E-state index in [9.17, 15) is 0 Å². The fourth-order valence-corrected chi connectivity index (χ4v) is 1.29. The molecule has 0 aromatic carbocycles. The summed E-state index contributed by atoms with van der Waals surface area (Å²) >= 11 is 9.05. The van der Waals surface area contributed by atoms with Gasteiger partial charge >= 0.3 is 0 Å². The van der Waals surface area contributed by atoms with Gasteiger partial charge in [0.25, 0.3) is 0 Å². The van der Waals surface area contributed by atoms with Gasteiger partial charge in [0.15, 0.2) is 0 Å². The van der Waals surface area contributed by atoms with Gasteiger partial charge in [0.05, 0.1) is 4.47 Å². The van der Waals surface area contributed by atoms with Crippen molar-refractivity contribution in [3.8, 4) is 0 Å². The molecule has 1 aromatic rings. The summed E-state index contributed by atoms with van der Waals surface area (Å²) in [6.45, 7) is 2.72. The lowest BCUT2D eigenvalue weighted by Crippen LogP contribution is -2.15. The minimum Gasteiger partial charge on any atom is -0.396 e. The second-order valence-electron chi connectivity index (χ2n) is 3.00. The predicted molar refractivity (Wildman–Crippen MR) is 59.5 cm³/mol. The van der Waals surface area contributed by atoms with Gasteiger partial charge in [-0.1, -0.05) is 18.5 Å². The normalized spacial score (nSPS) is 12.6. The molecule has 0 saturated carbocycles. The van der Waals surface area contributed by atoms with Crippen LogP contribution in [0.4, 0.5) is 5.82 Å². The first-order chi connectivity index (χ1) is 6.65. The molecule has 0 aliphatic rings. The number of hydrogen-bond acceptors (Lipinski definition) is 4. The van der Waals surface area contributed by atoms with Gasteiger partial charge in [-0.3, -0.25) is 0 Å². The van der Waals surface area contributed by atoms with E-state index < -0.39 is 0 Å². The summed E-state index contributed by atoms with van der Waals surface area (Å²) < 4.78 is 0.645. The average Bonchev–Trinajstić information content (AvgIpc) is 2.20. The smallest absolute Gasteiger partial charge is 0.148 e. The van der Waals surface area contributed by atoms with Crippen molar-refractivity contribution in [1.82, 2.24) is 9.97 Å². The minimum absolute atomic E-state index is 0.142. The third-order valence-corrected chi connectivity index (χ3v) is 2.94. The van der Waals surface area contributed by atoms with Gasteiger partial charge < -0.3 is 10.4 Å². The van der Waals surface area contributed by atoms with Gasteiger partial charge in [-0.15, -0.1) is 0 Å². The second-order valence-corrected chi connectivity index (χ2v) is 4.15. The van der Waals surface area contributed by atoms with E-state index in [4.69, 9.17) is 16.7 Å². The van der Waals surface area contributed by atoms with Gasteiger partial charge in [-0.2, -0.15) is 0 Å². The third-order valence-electron chi connectivity index (χ3n) is 1.68. The van der Waals surface area contributed by atoms with Gasteiger partial charge in [0.1, 0.15) is 17.3 Å². The van der Waals surface area contributed by atoms with Crippen LogP contribution >= 0.6 is 27.5 Å². The molecular weight excluding hydrogens is 269 g/mol. The molecule has 14 heavy (non-hydrogen) atoms. The Balaban J connectivity index is 2.63. The zero-order valence-corrected chi connectivity index (χ0v) is 10.0. The van der Waals surface area contributed by atoms with Crippen LogP contribution in [0.15, 0.2) is 10.8 Å². The number of aliphatic hydroxyl groups excluding tert-OH is 1. The molecular formula is C8H11BrClN3O. The summed E-state index contributed by atoms with van der Waals surface area (Å²) in [7, 11) is 0. The number of aliphatic hydroxyl groups is 1. The zero-order chi connectivity index (χ0) is 10.6. The summed E-state index contributed by atoms with van der Waals surface area (Å²) in [5, 5.41) is 12.3. The molecule has 1 aromatic heterocycles. The molecule has 0 radical (unpaired) electrons. The Labute approximate surface area is 95.8 Å². The van der Waals surface area contributed by atoms with Gasteiger partial charge in [-0.05, 0) is 21.8 Å². The first-order valence-electron chi connectivity index (χ1n) is 4.16. The number of halogens is 2. The highest BCUT2D eigenvalue weighted by Gasteiger charge is 2.07. The summed E-state index contributed by atoms with van der Waals surface area (Å²) in [5.41, 5.74) is 0. The molecule has 0 fully saturated rings. The largest absolute Gasteiger partial charge is 0.396 e. The van der Waals surface area contributed by atoms with Crippen LogP contribution in [0.3, 0.4) is 0 Å². The highest BCUT2D eigenvalue weighted by atomic mass is 79.9. The Morgan fingerprint density at radius 2 is 2.36 bits per heavy atom. The quantitative estimate of drug-likeness (QED) is 0.828. The molecule has 0 amide bonds. The monoisotopic (exact) mass is 279 g/mol. The van der Waals surface area contributed by atoms with E-state index in [0.29, 0.717) is 22.0 Å². The van der Waals surface area contributed by atoms with Crippen molar-refractivity contribution in [2.24, 2.45) is 5.92 Å². The molecule has 0 spiro atoms. The number of anilines is 1. The molecule has 0 saturated heterocycles. The molecule has 1 rings (SSSR count). The van der Waals surface area contributed by atoms with Gasteiger partial charge in [0, 0.05) is 13.2 Å². The van der Waals surface area contributed by atoms with Gasteiger partial charge in [-0.25, -0.2) is 9.97 Å². The molecule has 0 bridgehead atoms. The van der Waals surface area contributed by atoms with Crippen LogP contribution in [-0.2, 0) is 0 Å². The molecule has 4 nitrogen and oxygen atoms in total. The van der Waals surface area contributed by atoms with E-state index in [0.717, 1.165) is 0 Å². The summed E-state index contributed by atoms with van der Waals surface area (Å²) in [6.07, 6.45) is 1.39. The van der Waals surface area contributed by atoms with Crippen molar-refractivity contribution >= 4 is 33.3 Å². The number of rotatable bonds is 4. The average molecular weight is 281 g/mol. The Hall–Kier alpha value is -0.390. The molecule has 78 valence electrons. The minimum atomic E-state index is 0.142. The van der Waals surface area contributed by atoms with Crippen LogP contribution in [-0.4, -0.2) is 28.2 Å². The lowest BCUT2D eigenvalue weighted by molar-refractivity contribution is 0.244. The maximum atomic E-state index is 8.83. The van der Waals surface area contributed by atoms with Crippen molar-refractivity contribution in [2.45, 2.75) is 6.92 Å². The van der Waals surface area contributed by atoms with E-state index in [1.807, 2.05) is 6.92 Å². The van der Waals surface area contributed by atoms with E-state index in [1.165, 1.54) is 6.33 Å². The van der Waals surface area contributed by atoms with E-state index in [2.05, 4.69) is 31.2 Å². The fraction of sp³-hybridized carbons (Fsp3) is 0.500. The van der Waals surface area contributed by atoms with Gasteiger partial charge in [0.2, 0.25) is 0 Å². The topological polar surface area (TPSA) is 58.0 Å². The summed E-state index contributed by atoms with van der Waals surface area (Å²) in [6, 6.07) is 0. The van der Waals surface area contributed by atoms with Crippen molar-refractivity contribution in [3.05, 3.63) is 16.0 Å². The SMILES string of the molecule is CC(CO)CNc1ncnc(Cl)c1Br. The van der Waals surface area contributed by atoms with E-state index >= 15 is 0 Å². The lowest BCUT2D eigenvalue weighted by Gasteiger charge is -2.11. The summed E-state index contributed by atoms with van der Waals surface area (Å²) in [4.78, 5) is 7.81. The standard InChI is InChI=1S/C8H11BrClN3O/c1-5(3-14)2-11-8-6(9)7(10)12-4-13-8/h4-5,14H,2-3H2,1H3,(H,11,12,13). The van der Waals surface area contributed by atoms with Crippen LogP contribution in [0.2, 0.25) is 5.15 Å². The molecule has 0 aliphatic heterocycles. The Morgan fingerprint density at radius 3 is 3.00 bits per heavy atom. The van der Waals surface area contributed by atoms with Crippen LogP contribution in [0.5, 0.6) is 0 Å². The number of hydrogen-bond donors (Lipinski definition) is 2. The van der Waals surface area contributed by atoms with Crippen molar-refractivity contribution in [2.75, 3.05) is 18.5 Å². The maximum Gasteiger partial charge on any atom is 0.148 e. The van der Waals surface area contributed by atoms with Crippen molar-refractivity contribution < 1.29 is 5.11 Å². The Morgan fingerprint density at radius 1 is 1.64 bits per heavy atom. The van der Waals surface area contributed by atoms with Crippen LogP contribution in [0.25, 0.3) is 0 Å². The molecule has 1 unspecified atom stereocenters. The third kappa shape index (κ3) is 3.08. The van der Waals surface area contributed by atoms with Crippen molar-refractivity contribution in [1.29, 1.82) is 0 Å². The Bertz CT molecular complexity index is 311. The summed E-state index contributed by atoms with van der Waals surface area (Å²) in [5.74, 6) is 0.820. The molecule has 1 heterocycles. The predicted octanol–water partition coefficient (Wildman–Crippen LogP) is 1.93. The second kappa shape index (κ2) is 5.48. The number of nitrogens with one attached hydrogen (secondary N) is 1. The van der Waals surface area contributed by atoms with Crippen LogP contribution in [0, 0.1) is 5.92 Å². The van der Waals surface area contributed by atoms with Crippen LogP contribution < -0.4 is 5.32 Å². The first kappa shape index (κ1) is 11.7. The molecule has 6 heteroatoms. The van der Waals surface area contributed by atoms with Crippen molar-refractivity contribution in [3.63, 3.8) is 0 Å². The maximum absolute atomic E-state index is 8.83. The molecule has 0 aliphatic carbocycles. The van der Waals surface area contributed by atoms with E-state index in [1.54, 1.807) is 0 Å². The fourth-order valence-electron chi connectivity index (χ4n) is 0.807.